The van der Waals surface area contributed by atoms with E-state index in [-0.39, 0.29) is 11.7 Å². The Morgan fingerprint density at radius 2 is 2.33 bits per heavy atom. The maximum atomic E-state index is 13.0. The molecule has 0 unspecified atom stereocenters. The fourth-order valence-electron chi connectivity index (χ4n) is 1.80. The zero-order chi connectivity index (χ0) is 10.8. The highest BCUT2D eigenvalue weighted by Gasteiger charge is 2.26. The Morgan fingerprint density at radius 1 is 1.53 bits per heavy atom. The molecule has 0 spiro atoms. The third-order valence-electron chi connectivity index (χ3n) is 2.62. The Kier molecular flexibility index (Phi) is 2.58. The second-order valence-corrected chi connectivity index (χ2v) is 3.64. The smallest absolute Gasteiger partial charge is 0.314 e. The highest BCUT2D eigenvalue weighted by Crippen LogP contribution is 2.26. The molecule has 4 heteroatoms. The fourth-order valence-corrected chi connectivity index (χ4v) is 1.80. The van der Waals surface area contributed by atoms with Crippen molar-refractivity contribution in [1.82, 2.24) is 4.90 Å². The number of urea groups is 1. The van der Waals surface area contributed by atoms with Gasteiger partial charge in [-0.15, -0.1) is 0 Å². The van der Waals surface area contributed by atoms with E-state index in [0.29, 0.717) is 13.1 Å². The molecule has 0 aliphatic carbocycles. The van der Waals surface area contributed by atoms with Crippen LogP contribution < -0.4 is 5.73 Å². The average Bonchev–Trinajstić information content (AvgIpc) is 2.66. The van der Waals surface area contributed by atoms with Crippen molar-refractivity contribution >= 4 is 6.03 Å². The zero-order valence-electron chi connectivity index (χ0n) is 8.19. The van der Waals surface area contributed by atoms with E-state index >= 15 is 0 Å². The second kappa shape index (κ2) is 3.88. The minimum Gasteiger partial charge on any atom is -0.351 e. The number of rotatable bonds is 1. The van der Waals surface area contributed by atoms with Crippen LogP contribution in [0.5, 0.6) is 0 Å². The number of nitrogens with two attached hydrogens (primary N) is 1. The molecular weight excluding hydrogens is 195 g/mol. The molecule has 3 nitrogen and oxygen atoms in total. The molecule has 0 saturated carbocycles. The summed E-state index contributed by atoms with van der Waals surface area (Å²) < 4.78 is 13.0. The summed E-state index contributed by atoms with van der Waals surface area (Å²) in [6.45, 7) is 1.08. The summed E-state index contributed by atoms with van der Waals surface area (Å²) in [6.07, 6.45) is 1.97. The lowest BCUT2D eigenvalue weighted by atomic mass is 9.98. The second-order valence-electron chi connectivity index (χ2n) is 3.64. The van der Waals surface area contributed by atoms with Gasteiger partial charge in [0.15, 0.2) is 0 Å². The number of carbonyl (C=O) groups excluding carboxylic acids is 1. The predicted octanol–water partition coefficient (Wildman–Crippen LogP) is 1.51. The molecule has 1 aromatic rings. The Morgan fingerprint density at radius 3 is 2.93 bits per heavy atom. The summed E-state index contributed by atoms with van der Waals surface area (Å²) >= 11 is 0. The van der Waals surface area contributed by atoms with Crippen molar-refractivity contribution in [3.05, 3.63) is 42.1 Å². The van der Waals surface area contributed by atoms with Crippen LogP contribution in [0.4, 0.5) is 9.18 Å². The first-order valence-electron chi connectivity index (χ1n) is 4.80. The van der Waals surface area contributed by atoms with E-state index in [0.717, 1.165) is 5.56 Å². The van der Waals surface area contributed by atoms with Crippen molar-refractivity contribution < 1.29 is 9.18 Å². The van der Waals surface area contributed by atoms with Crippen molar-refractivity contribution in [3.63, 3.8) is 0 Å². The van der Waals surface area contributed by atoms with Crippen LogP contribution in [0, 0.1) is 12.2 Å². The monoisotopic (exact) mass is 207 g/mol. The summed E-state index contributed by atoms with van der Waals surface area (Å²) in [5, 5.41) is 0. The number of nitrogens with zero attached hydrogens (tertiary/aromatic N) is 1. The molecule has 1 atom stereocenters. The lowest BCUT2D eigenvalue weighted by Crippen LogP contribution is -2.33. The van der Waals surface area contributed by atoms with E-state index in [1.54, 1.807) is 6.07 Å². The van der Waals surface area contributed by atoms with Gasteiger partial charge in [0.2, 0.25) is 0 Å². The van der Waals surface area contributed by atoms with Gasteiger partial charge in [-0.3, -0.25) is 0 Å². The quantitative estimate of drug-likeness (QED) is 0.745. The first-order chi connectivity index (χ1) is 7.16. The lowest BCUT2D eigenvalue weighted by Gasteiger charge is -2.13. The van der Waals surface area contributed by atoms with Gasteiger partial charge in [0.25, 0.3) is 0 Å². The number of hydrogen-bond donors (Lipinski definition) is 1. The van der Waals surface area contributed by atoms with Crippen molar-refractivity contribution in [2.45, 2.75) is 5.92 Å². The van der Waals surface area contributed by atoms with E-state index in [1.807, 2.05) is 12.5 Å². The number of primary amides is 1. The van der Waals surface area contributed by atoms with Crippen LogP contribution in [0.3, 0.4) is 0 Å². The van der Waals surface area contributed by atoms with Crippen LogP contribution in [0.2, 0.25) is 0 Å². The highest BCUT2D eigenvalue weighted by atomic mass is 19.1. The van der Waals surface area contributed by atoms with Gasteiger partial charge in [0.05, 0.1) is 0 Å². The van der Waals surface area contributed by atoms with Crippen LogP contribution in [-0.4, -0.2) is 24.0 Å². The van der Waals surface area contributed by atoms with Crippen molar-refractivity contribution in [3.8, 4) is 0 Å². The van der Waals surface area contributed by atoms with Crippen LogP contribution in [0.25, 0.3) is 0 Å². The van der Waals surface area contributed by atoms with Gasteiger partial charge in [-0.25, -0.2) is 9.18 Å². The van der Waals surface area contributed by atoms with Gasteiger partial charge in [0, 0.05) is 19.0 Å². The zero-order valence-corrected chi connectivity index (χ0v) is 8.19. The number of benzene rings is 1. The Labute approximate surface area is 87.7 Å². The molecule has 2 N–H and O–H groups in total. The summed E-state index contributed by atoms with van der Waals surface area (Å²) in [5.41, 5.74) is 6.05. The molecule has 0 bridgehead atoms. The van der Waals surface area contributed by atoms with Crippen LogP contribution >= 0.6 is 0 Å². The maximum Gasteiger partial charge on any atom is 0.314 e. The molecule has 1 saturated heterocycles. The number of amides is 2. The topological polar surface area (TPSA) is 46.3 Å². The number of likely N-dealkylation sites (tertiary alicyclic amines) is 1. The summed E-state index contributed by atoms with van der Waals surface area (Å²) in [5.74, 6) is -0.161. The summed E-state index contributed by atoms with van der Waals surface area (Å²) in [4.78, 5) is 12.4. The minimum absolute atomic E-state index is 0.0909. The Balaban J connectivity index is 2.11. The molecular formula is C11H12FN2O. The third kappa shape index (κ3) is 2.09. The molecule has 15 heavy (non-hydrogen) atoms. The van der Waals surface area contributed by atoms with Gasteiger partial charge >= 0.3 is 6.03 Å². The van der Waals surface area contributed by atoms with E-state index in [4.69, 9.17) is 5.73 Å². The number of carbonyl (C=O) groups is 1. The minimum atomic E-state index is -0.426. The first kappa shape index (κ1) is 9.96. The first-order valence-corrected chi connectivity index (χ1v) is 4.80. The van der Waals surface area contributed by atoms with Gasteiger partial charge in [0.1, 0.15) is 5.82 Å². The molecule has 1 aliphatic rings. The summed E-state index contributed by atoms with van der Waals surface area (Å²) in [6, 6.07) is 6.00. The maximum absolute atomic E-state index is 13.0. The standard InChI is InChI=1S/C11H12FN2O/c12-10-3-1-2-8(6-10)9-4-5-14(7-9)11(13)15/h1-4,6,9H,5,7H2,(H2,13,15)/t9-/m0/s1. The van der Waals surface area contributed by atoms with Crippen molar-refractivity contribution in [2.75, 3.05) is 13.1 Å². The van der Waals surface area contributed by atoms with E-state index in [1.165, 1.54) is 17.0 Å². The van der Waals surface area contributed by atoms with E-state index in [2.05, 4.69) is 0 Å². The van der Waals surface area contributed by atoms with E-state index in [9.17, 15) is 9.18 Å². The normalized spacial score (nSPS) is 20.6. The molecule has 1 aromatic carbocycles. The molecule has 1 radical (unpaired) electrons. The van der Waals surface area contributed by atoms with Crippen LogP contribution in [0.15, 0.2) is 24.3 Å². The number of halogens is 1. The molecule has 1 aliphatic heterocycles. The molecule has 2 rings (SSSR count). The SMILES string of the molecule is NC(=O)N1C[CH][C@H](c2cccc(F)c2)C1. The molecule has 1 heterocycles. The fraction of sp³-hybridized carbons (Fsp3) is 0.273. The van der Waals surface area contributed by atoms with Gasteiger partial charge < -0.3 is 10.6 Å². The van der Waals surface area contributed by atoms with Crippen LogP contribution in [0.1, 0.15) is 11.5 Å². The Hall–Kier alpha value is -1.58. The molecule has 1 fully saturated rings. The lowest BCUT2D eigenvalue weighted by molar-refractivity contribution is 0.218. The van der Waals surface area contributed by atoms with Gasteiger partial charge in [-0.1, -0.05) is 12.1 Å². The molecule has 2 amide bonds. The van der Waals surface area contributed by atoms with Gasteiger partial charge in [-0.2, -0.15) is 0 Å². The van der Waals surface area contributed by atoms with Crippen molar-refractivity contribution in [1.29, 1.82) is 0 Å². The Bertz CT molecular complexity index is 381. The molecule has 79 valence electrons. The largest absolute Gasteiger partial charge is 0.351 e. The summed E-state index contributed by atoms with van der Waals surface area (Å²) in [7, 11) is 0. The predicted molar refractivity (Wildman–Crippen MR) is 54.6 cm³/mol. The average molecular weight is 207 g/mol. The van der Waals surface area contributed by atoms with Crippen molar-refractivity contribution in [2.24, 2.45) is 5.73 Å². The third-order valence-corrected chi connectivity index (χ3v) is 2.62. The highest BCUT2D eigenvalue weighted by molar-refractivity contribution is 5.72. The van der Waals surface area contributed by atoms with Gasteiger partial charge in [-0.05, 0) is 24.1 Å². The van der Waals surface area contributed by atoms with Crippen LogP contribution in [-0.2, 0) is 0 Å². The molecule has 0 aromatic heterocycles. The van der Waals surface area contributed by atoms with E-state index < -0.39 is 6.03 Å². The number of hydrogen-bond acceptors (Lipinski definition) is 1.